The van der Waals surface area contributed by atoms with Crippen LogP contribution in [0.4, 0.5) is 0 Å². The third kappa shape index (κ3) is 4.33. The fourth-order valence-corrected chi connectivity index (χ4v) is 1.63. The molecular formula is C11H14O2S. The molecule has 1 aromatic carbocycles. The maximum absolute atomic E-state index is 11.1. The van der Waals surface area contributed by atoms with Crippen LogP contribution in [0.3, 0.4) is 0 Å². The molecule has 0 aromatic heterocycles. The normalized spacial score (nSPS) is 9.79. The first-order valence-electron chi connectivity index (χ1n) is 4.66. The van der Waals surface area contributed by atoms with E-state index in [1.165, 1.54) is 11.8 Å². The van der Waals surface area contributed by atoms with Crippen molar-refractivity contribution in [3.8, 4) is 0 Å². The van der Waals surface area contributed by atoms with E-state index in [1.807, 2.05) is 37.3 Å². The van der Waals surface area contributed by atoms with Gasteiger partial charge < -0.3 is 4.74 Å². The van der Waals surface area contributed by atoms with Gasteiger partial charge in [0, 0.05) is 4.90 Å². The Hall–Kier alpha value is -0.960. The van der Waals surface area contributed by atoms with Gasteiger partial charge in [0.05, 0.1) is 12.4 Å². The van der Waals surface area contributed by atoms with E-state index in [-0.39, 0.29) is 5.97 Å². The van der Waals surface area contributed by atoms with Gasteiger partial charge in [-0.05, 0) is 18.6 Å². The van der Waals surface area contributed by atoms with Crippen molar-refractivity contribution in [1.82, 2.24) is 0 Å². The monoisotopic (exact) mass is 210 g/mol. The summed E-state index contributed by atoms with van der Waals surface area (Å²) in [6.45, 7) is 2.51. The SMILES string of the molecule is CCCOC(=O)CSc1ccccc1. The van der Waals surface area contributed by atoms with Crippen LogP contribution in [-0.2, 0) is 9.53 Å². The minimum atomic E-state index is -0.138. The van der Waals surface area contributed by atoms with Gasteiger partial charge in [0.2, 0.25) is 0 Å². The average molecular weight is 210 g/mol. The zero-order chi connectivity index (χ0) is 10.2. The fourth-order valence-electron chi connectivity index (χ4n) is 0.917. The van der Waals surface area contributed by atoms with Crippen molar-refractivity contribution in [2.45, 2.75) is 18.2 Å². The summed E-state index contributed by atoms with van der Waals surface area (Å²) >= 11 is 1.50. The molecule has 0 aliphatic heterocycles. The van der Waals surface area contributed by atoms with E-state index in [0.29, 0.717) is 12.4 Å². The summed E-state index contributed by atoms with van der Waals surface area (Å²) in [5.74, 6) is 0.255. The third-order valence-corrected chi connectivity index (χ3v) is 2.55. The van der Waals surface area contributed by atoms with Crippen LogP contribution in [-0.4, -0.2) is 18.3 Å². The molecule has 0 amide bonds. The van der Waals surface area contributed by atoms with Gasteiger partial charge in [0.15, 0.2) is 0 Å². The molecule has 1 aromatic rings. The highest BCUT2D eigenvalue weighted by Crippen LogP contribution is 2.16. The summed E-state index contributed by atoms with van der Waals surface area (Å²) in [6, 6.07) is 9.84. The van der Waals surface area contributed by atoms with Crippen molar-refractivity contribution in [2.24, 2.45) is 0 Å². The molecule has 0 aliphatic rings. The van der Waals surface area contributed by atoms with Gasteiger partial charge in [-0.15, -0.1) is 11.8 Å². The van der Waals surface area contributed by atoms with Crippen molar-refractivity contribution >= 4 is 17.7 Å². The Balaban J connectivity index is 2.24. The Morgan fingerprint density at radius 2 is 2.07 bits per heavy atom. The van der Waals surface area contributed by atoms with E-state index in [2.05, 4.69) is 0 Å². The predicted molar refractivity (Wildman–Crippen MR) is 58.4 cm³/mol. The van der Waals surface area contributed by atoms with E-state index in [1.54, 1.807) is 0 Å². The molecule has 0 bridgehead atoms. The molecule has 0 saturated heterocycles. The second kappa shape index (κ2) is 6.49. The lowest BCUT2D eigenvalue weighted by atomic mass is 10.4. The molecule has 76 valence electrons. The molecule has 14 heavy (non-hydrogen) atoms. The molecule has 0 unspecified atom stereocenters. The van der Waals surface area contributed by atoms with Crippen molar-refractivity contribution in [2.75, 3.05) is 12.4 Å². The van der Waals surface area contributed by atoms with Crippen molar-refractivity contribution in [3.05, 3.63) is 30.3 Å². The third-order valence-electron chi connectivity index (χ3n) is 1.57. The zero-order valence-corrected chi connectivity index (χ0v) is 9.05. The van der Waals surface area contributed by atoms with E-state index < -0.39 is 0 Å². The maximum atomic E-state index is 11.1. The Morgan fingerprint density at radius 3 is 2.71 bits per heavy atom. The number of hydrogen-bond donors (Lipinski definition) is 0. The summed E-state index contributed by atoms with van der Waals surface area (Å²) in [5, 5.41) is 0. The Morgan fingerprint density at radius 1 is 1.36 bits per heavy atom. The van der Waals surface area contributed by atoms with Crippen LogP contribution in [0.5, 0.6) is 0 Å². The van der Waals surface area contributed by atoms with Crippen LogP contribution in [0.25, 0.3) is 0 Å². The first-order chi connectivity index (χ1) is 6.83. The number of benzene rings is 1. The van der Waals surface area contributed by atoms with Gasteiger partial charge in [-0.1, -0.05) is 25.1 Å². The molecule has 1 rings (SSSR count). The number of esters is 1. The van der Waals surface area contributed by atoms with Crippen LogP contribution < -0.4 is 0 Å². The van der Waals surface area contributed by atoms with Crippen LogP contribution in [0.2, 0.25) is 0 Å². The summed E-state index contributed by atoms with van der Waals surface area (Å²) < 4.78 is 4.95. The van der Waals surface area contributed by atoms with Gasteiger partial charge in [-0.25, -0.2) is 0 Å². The number of carbonyl (C=O) groups excluding carboxylic acids is 1. The standard InChI is InChI=1S/C11H14O2S/c1-2-8-13-11(12)9-14-10-6-4-3-5-7-10/h3-7H,2,8-9H2,1H3. The van der Waals surface area contributed by atoms with Crippen LogP contribution in [0.15, 0.2) is 35.2 Å². The van der Waals surface area contributed by atoms with Gasteiger partial charge in [0.25, 0.3) is 0 Å². The molecule has 0 fully saturated rings. The molecule has 3 heteroatoms. The number of hydrogen-bond acceptors (Lipinski definition) is 3. The summed E-state index contributed by atoms with van der Waals surface area (Å²) in [6.07, 6.45) is 0.877. The molecule has 0 spiro atoms. The molecular weight excluding hydrogens is 196 g/mol. The second-order valence-electron chi connectivity index (χ2n) is 2.82. The molecule has 2 nitrogen and oxygen atoms in total. The first-order valence-corrected chi connectivity index (χ1v) is 5.65. The Kier molecular flexibility index (Phi) is 5.15. The van der Waals surface area contributed by atoms with E-state index in [0.717, 1.165) is 11.3 Å². The average Bonchev–Trinajstić information content (AvgIpc) is 2.25. The molecule has 0 saturated carbocycles. The largest absolute Gasteiger partial charge is 0.465 e. The van der Waals surface area contributed by atoms with E-state index in [4.69, 9.17) is 4.74 Å². The summed E-state index contributed by atoms with van der Waals surface area (Å²) in [7, 11) is 0. The molecule has 0 heterocycles. The maximum Gasteiger partial charge on any atom is 0.316 e. The highest BCUT2D eigenvalue weighted by Gasteiger charge is 2.02. The highest BCUT2D eigenvalue weighted by molar-refractivity contribution is 8.00. The van der Waals surface area contributed by atoms with Crippen LogP contribution >= 0.6 is 11.8 Å². The summed E-state index contributed by atoms with van der Waals surface area (Å²) in [4.78, 5) is 12.2. The second-order valence-corrected chi connectivity index (χ2v) is 3.87. The minimum absolute atomic E-state index is 0.138. The predicted octanol–water partition coefficient (Wildman–Crippen LogP) is 2.73. The van der Waals surface area contributed by atoms with E-state index in [9.17, 15) is 4.79 Å². The van der Waals surface area contributed by atoms with Gasteiger partial charge >= 0.3 is 5.97 Å². The molecule has 0 radical (unpaired) electrons. The van der Waals surface area contributed by atoms with Crippen LogP contribution in [0, 0.1) is 0 Å². The Labute approximate surface area is 88.7 Å². The molecule has 0 aliphatic carbocycles. The minimum Gasteiger partial charge on any atom is -0.465 e. The summed E-state index contributed by atoms with van der Waals surface area (Å²) in [5.41, 5.74) is 0. The van der Waals surface area contributed by atoms with Crippen LogP contribution in [0.1, 0.15) is 13.3 Å². The van der Waals surface area contributed by atoms with Gasteiger partial charge in [-0.3, -0.25) is 4.79 Å². The first kappa shape index (κ1) is 11.1. The quantitative estimate of drug-likeness (QED) is 0.552. The van der Waals surface area contributed by atoms with Gasteiger partial charge in [0.1, 0.15) is 0 Å². The number of ether oxygens (including phenoxy) is 1. The topological polar surface area (TPSA) is 26.3 Å². The van der Waals surface area contributed by atoms with Crippen molar-refractivity contribution in [3.63, 3.8) is 0 Å². The zero-order valence-electron chi connectivity index (χ0n) is 8.23. The number of rotatable bonds is 5. The molecule has 0 N–H and O–H groups in total. The lowest BCUT2D eigenvalue weighted by Crippen LogP contribution is -2.07. The highest BCUT2D eigenvalue weighted by atomic mass is 32.2. The molecule has 0 atom stereocenters. The number of carbonyl (C=O) groups is 1. The lowest BCUT2D eigenvalue weighted by Gasteiger charge is -2.02. The van der Waals surface area contributed by atoms with E-state index >= 15 is 0 Å². The van der Waals surface area contributed by atoms with Crippen molar-refractivity contribution in [1.29, 1.82) is 0 Å². The lowest BCUT2D eigenvalue weighted by molar-refractivity contribution is -0.140. The van der Waals surface area contributed by atoms with Gasteiger partial charge in [-0.2, -0.15) is 0 Å². The Bertz CT molecular complexity index is 272. The fraction of sp³-hybridized carbons (Fsp3) is 0.364. The number of thioether (sulfide) groups is 1. The van der Waals surface area contributed by atoms with Crippen molar-refractivity contribution < 1.29 is 9.53 Å². The smallest absolute Gasteiger partial charge is 0.316 e.